The molecule has 27 heavy (non-hydrogen) atoms. The van der Waals surface area contributed by atoms with Crippen molar-refractivity contribution in [3.8, 4) is 11.5 Å². The Hall–Kier alpha value is -2.61. The van der Waals surface area contributed by atoms with Crippen molar-refractivity contribution in [1.29, 1.82) is 0 Å². The van der Waals surface area contributed by atoms with Gasteiger partial charge in [0.1, 0.15) is 6.54 Å². The van der Waals surface area contributed by atoms with Crippen molar-refractivity contribution < 1.29 is 19.0 Å². The Labute approximate surface area is 157 Å². The zero-order chi connectivity index (χ0) is 19.6. The molecule has 0 unspecified atom stereocenters. The highest BCUT2D eigenvalue weighted by Crippen LogP contribution is 2.32. The molecule has 1 fully saturated rings. The number of carbonyl (C=O) groups excluding carboxylic acids is 1. The van der Waals surface area contributed by atoms with Crippen LogP contribution in [0.3, 0.4) is 0 Å². The number of carbonyl (C=O) groups is 1. The van der Waals surface area contributed by atoms with E-state index in [1.165, 1.54) is 14.2 Å². The van der Waals surface area contributed by atoms with Gasteiger partial charge in [0, 0.05) is 18.0 Å². The smallest absolute Gasteiger partial charge is 0.279 e. The van der Waals surface area contributed by atoms with Crippen LogP contribution in [-0.4, -0.2) is 48.2 Å². The van der Waals surface area contributed by atoms with E-state index in [9.17, 15) is 9.59 Å². The molecule has 0 bridgehead atoms. The van der Waals surface area contributed by atoms with Crippen molar-refractivity contribution in [2.75, 3.05) is 20.8 Å². The van der Waals surface area contributed by atoms with Crippen LogP contribution < -0.4 is 20.3 Å². The third-order valence-electron chi connectivity index (χ3n) is 4.72. The summed E-state index contributed by atoms with van der Waals surface area (Å²) < 4.78 is 17.4. The number of rotatable bonds is 5. The maximum Gasteiger partial charge on any atom is 0.279 e. The Kier molecular flexibility index (Phi) is 5.36. The van der Waals surface area contributed by atoms with Gasteiger partial charge >= 0.3 is 0 Å². The van der Waals surface area contributed by atoms with E-state index in [1.807, 2.05) is 13.8 Å². The van der Waals surface area contributed by atoms with Gasteiger partial charge in [0.05, 0.1) is 31.4 Å². The van der Waals surface area contributed by atoms with Crippen LogP contribution in [0.2, 0.25) is 0 Å². The van der Waals surface area contributed by atoms with Crippen molar-refractivity contribution >= 4 is 16.7 Å². The summed E-state index contributed by atoms with van der Waals surface area (Å²) in [5.74, 6) is 0.532. The molecule has 1 aromatic heterocycles. The quantitative estimate of drug-likeness (QED) is 0.851. The van der Waals surface area contributed by atoms with Crippen LogP contribution in [-0.2, 0) is 16.1 Å². The molecule has 1 amide bonds. The van der Waals surface area contributed by atoms with Gasteiger partial charge in [0.2, 0.25) is 5.91 Å². The molecular formula is C19H25N3O5. The zero-order valence-corrected chi connectivity index (χ0v) is 16.1. The Morgan fingerprint density at radius 1 is 1.37 bits per heavy atom. The molecule has 1 aromatic carbocycles. The van der Waals surface area contributed by atoms with E-state index < -0.39 is 5.56 Å². The van der Waals surface area contributed by atoms with Gasteiger partial charge in [0.25, 0.3) is 5.56 Å². The van der Waals surface area contributed by atoms with E-state index in [1.54, 1.807) is 18.3 Å². The number of benzene rings is 1. The van der Waals surface area contributed by atoms with Crippen LogP contribution in [0.5, 0.6) is 11.5 Å². The molecule has 0 radical (unpaired) electrons. The number of hydrogen-bond donors (Lipinski definition) is 1. The molecule has 8 nitrogen and oxygen atoms in total. The number of nitrogens with zero attached hydrogens (tertiary/aromatic N) is 2. The number of hydrogen-bond acceptors (Lipinski definition) is 6. The van der Waals surface area contributed by atoms with Crippen molar-refractivity contribution in [2.45, 2.75) is 44.9 Å². The molecule has 1 aliphatic rings. The second-order valence-electron chi connectivity index (χ2n) is 7.24. The SMILES string of the molecule is COc1ccc2cnn(CC(=O)N[C@@H]3CCOC(C)(C)C3)c(=O)c2c1OC. The Morgan fingerprint density at radius 3 is 2.81 bits per heavy atom. The summed E-state index contributed by atoms with van der Waals surface area (Å²) in [6.07, 6.45) is 3.02. The Balaban J connectivity index is 1.83. The van der Waals surface area contributed by atoms with Gasteiger partial charge in [-0.05, 0) is 38.8 Å². The number of fused-ring (bicyclic) bond motifs is 1. The summed E-state index contributed by atoms with van der Waals surface area (Å²) in [6, 6.07) is 3.47. The van der Waals surface area contributed by atoms with Crippen LogP contribution in [0.15, 0.2) is 23.1 Å². The van der Waals surface area contributed by atoms with Crippen molar-refractivity contribution in [2.24, 2.45) is 0 Å². The standard InChI is InChI=1S/C19H25N3O5/c1-19(2)9-13(7-8-27-19)21-15(23)11-22-18(24)16-12(10-20-22)5-6-14(25-3)17(16)26-4/h5-6,10,13H,7-9,11H2,1-4H3,(H,21,23)/t13-/m1/s1. The van der Waals surface area contributed by atoms with Crippen LogP contribution in [0.4, 0.5) is 0 Å². The fourth-order valence-electron chi connectivity index (χ4n) is 3.46. The van der Waals surface area contributed by atoms with Gasteiger partial charge in [-0.15, -0.1) is 0 Å². The van der Waals surface area contributed by atoms with Crippen LogP contribution in [0, 0.1) is 0 Å². The minimum absolute atomic E-state index is 0.0204. The van der Waals surface area contributed by atoms with E-state index in [0.717, 1.165) is 17.5 Å². The van der Waals surface area contributed by atoms with Crippen molar-refractivity contribution in [3.63, 3.8) is 0 Å². The number of nitrogens with one attached hydrogen (secondary N) is 1. The molecular weight excluding hydrogens is 350 g/mol. The predicted octanol–water partition coefficient (Wildman–Crippen LogP) is 1.49. The number of methoxy groups -OCH3 is 2. The molecule has 8 heteroatoms. The lowest BCUT2D eigenvalue weighted by Crippen LogP contribution is -2.47. The lowest BCUT2D eigenvalue weighted by atomic mass is 9.94. The summed E-state index contributed by atoms with van der Waals surface area (Å²) >= 11 is 0. The fraction of sp³-hybridized carbons (Fsp3) is 0.526. The normalized spacial score (nSPS) is 18.9. The Bertz CT molecular complexity index is 906. The lowest BCUT2D eigenvalue weighted by molar-refractivity contribution is -0.124. The molecule has 146 valence electrons. The summed E-state index contributed by atoms with van der Waals surface area (Å²) in [5.41, 5.74) is -0.663. The third kappa shape index (κ3) is 4.05. The van der Waals surface area contributed by atoms with Crippen LogP contribution in [0.25, 0.3) is 10.8 Å². The van der Waals surface area contributed by atoms with Gasteiger partial charge < -0.3 is 19.5 Å². The number of ether oxygens (including phenoxy) is 3. The molecule has 1 atom stereocenters. The maximum atomic E-state index is 12.9. The highest BCUT2D eigenvalue weighted by atomic mass is 16.5. The molecule has 1 N–H and O–H groups in total. The first-order chi connectivity index (χ1) is 12.8. The second-order valence-corrected chi connectivity index (χ2v) is 7.24. The second kappa shape index (κ2) is 7.56. The van der Waals surface area contributed by atoms with E-state index >= 15 is 0 Å². The fourth-order valence-corrected chi connectivity index (χ4v) is 3.46. The molecule has 2 heterocycles. The highest BCUT2D eigenvalue weighted by Gasteiger charge is 2.29. The predicted molar refractivity (Wildman–Crippen MR) is 100 cm³/mol. The molecule has 0 aliphatic carbocycles. The molecule has 1 saturated heterocycles. The molecule has 3 rings (SSSR count). The minimum atomic E-state index is -0.397. The van der Waals surface area contributed by atoms with Gasteiger partial charge in [-0.25, -0.2) is 4.68 Å². The van der Waals surface area contributed by atoms with Crippen LogP contribution in [0.1, 0.15) is 26.7 Å². The summed E-state index contributed by atoms with van der Waals surface area (Å²) in [6.45, 7) is 4.44. The summed E-state index contributed by atoms with van der Waals surface area (Å²) in [5, 5.41) is 8.06. The summed E-state index contributed by atoms with van der Waals surface area (Å²) in [7, 11) is 2.98. The monoisotopic (exact) mass is 375 g/mol. The van der Waals surface area contributed by atoms with E-state index in [4.69, 9.17) is 14.2 Å². The highest BCUT2D eigenvalue weighted by molar-refractivity contribution is 5.89. The van der Waals surface area contributed by atoms with E-state index in [-0.39, 0.29) is 24.1 Å². The summed E-state index contributed by atoms with van der Waals surface area (Å²) in [4.78, 5) is 25.3. The molecule has 0 saturated carbocycles. The lowest BCUT2D eigenvalue weighted by Gasteiger charge is -2.35. The average Bonchev–Trinajstić information content (AvgIpc) is 2.62. The van der Waals surface area contributed by atoms with Gasteiger partial charge in [-0.2, -0.15) is 5.10 Å². The third-order valence-corrected chi connectivity index (χ3v) is 4.72. The first-order valence-corrected chi connectivity index (χ1v) is 8.89. The van der Waals surface area contributed by atoms with E-state index in [2.05, 4.69) is 10.4 Å². The number of aromatic nitrogens is 2. The zero-order valence-electron chi connectivity index (χ0n) is 16.1. The molecule has 2 aromatic rings. The largest absolute Gasteiger partial charge is 0.493 e. The first kappa shape index (κ1) is 19.2. The van der Waals surface area contributed by atoms with Gasteiger partial charge in [-0.3, -0.25) is 9.59 Å². The molecule has 0 spiro atoms. The average molecular weight is 375 g/mol. The van der Waals surface area contributed by atoms with Crippen molar-refractivity contribution in [1.82, 2.24) is 15.1 Å². The van der Waals surface area contributed by atoms with E-state index in [0.29, 0.717) is 28.9 Å². The van der Waals surface area contributed by atoms with Gasteiger partial charge in [-0.1, -0.05) is 0 Å². The Morgan fingerprint density at radius 2 is 2.15 bits per heavy atom. The topological polar surface area (TPSA) is 91.7 Å². The minimum Gasteiger partial charge on any atom is -0.493 e. The van der Waals surface area contributed by atoms with Gasteiger partial charge in [0.15, 0.2) is 11.5 Å². The van der Waals surface area contributed by atoms with Crippen molar-refractivity contribution in [3.05, 3.63) is 28.7 Å². The van der Waals surface area contributed by atoms with Crippen LogP contribution >= 0.6 is 0 Å². The first-order valence-electron chi connectivity index (χ1n) is 8.89. The maximum absolute atomic E-state index is 12.9. The number of amides is 1. The molecule has 1 aliphatic heterocycles.